The van der Waals surface area contributed by atoms with Crippen LogP contribution in [-0.4, -0.2) is 0 Å². The molecule has 0 spiro atoms. The number of halogens is 2. The average Bonchev–Trinajstić information content (AvgIpc) is 2.33. The maximum atomic E-state index is 13.0. The molecule has 0 radical (unpaired) electrons. The molecule has 2 aromatic carbocycles. The molecule has 1 nitrogen and oxygen atoms in total. The van der Waals surface area contributed by atoms with Crippen molar-refractivity contribution in [1.29, 1.82) is 0 Å². The van der Waals surface area contributed by atoms with Gasteiger partial charge in [0.1, 0.15) is 5.82 Å². The van der Waals surface area contributed by atoms with Crippen molar-refractivity contribution in [1.82, 2.24) is 0 Å². The van der Waals surface area contributed by atoms with Gasteiger partial charge in [-0.2, -0.15) is 0 Å². The van der Waals surface area contributed by atoms with Crippen molar-refractivity contribution in [3.05, 3.63) is 63.9 Å². The van der Waals surface area contributed by atoms with E-state index in [1.807, 2.05) is 25.1 Å². The van der Waals surface area contributed by atoms with Crippen molar-refractivity contribution >= 4 is 21.6 Å². The lowest BCUT2D eigenvalue weighted by Gasteiger charge is -2.18. The van der Waals surface area contributed by atoms with E-state index in [4.69, 9.17) is 0 Å². The van der Waals surface area contributed by atoms with Crippen molar-refractivity contribution < 1.29 is 4.39 Å². The summed E-state index contributed by atoms with van der Waals surface area (Å²) in [6, 6.07) is 13.0. The van der Waals surface area contributed by atoms with E-state index in [2.05, 4.69) is 34.2 Å². The van der Waals surface area contributed by atoms with Gasteiger partial charge in [-0.25, -0.2) is 4.39 Å². The van der Waals surface area contributed by atoms with E-state index in [-0.39, 0.29) is 11.9 Å². The second-order valence-corrected chi connectivity index (χ2v) is 5.20. The summed E-state index contributed by atoms with van der Waals surface area (Å²) >= 11 is 3.54. The van der Waals surface area contributed by atoms with Gasteiger partial charge in [-0.3, -0.25) is 0 Å². The van der Waals surface area contributed by atoms with Crippen molar-refractivity contribution in [2.45, 2.75) is 19.9 Å². The lowest BCUT2D eigenvalue weighted by molar-refractivity contribution is 0.626. The molecule has 2 rings (SSSR count). The average molecular weight is 308 g/mol. The summed E-state index contributed by atoms with van der Waals surface area (Å²) in [7, 11) is 0. The van der Waals surface area contributed by atoms with Crippen LogP contribution < -0.4 is 5.32 Å². The fourth-order valence-electron chi connectivity index (χ4n) is 1.93. The summed E-state index contributed by atoms with van der Waals surface area (Å²) in [6.07, 6.45) is 0. The smallest absolute Gasteiger partial charge is 0.123 e. The summed E-state index contributed by atoms with van der Waals surface area (Å²) < 4.78 is 14.1. The molecular formula is C15H15BrFN. The molecule has 1 unspecified atom stereocenters. The predicted molar refractivity (Wildman–Crippen MR) is 77.3 cm³/mol. The zero-order chi connectivity index (χ0) is 13.1. The molecule has 0 aliphatic heterocycles. The van der Waals surface area contributed by atoms with Crippen LogP contribution in [0.5, 0.6) is 0 Å². The van der Waals surface area contributed by atoms with Crippen LogP contribution in [0.25, 0.3) is 0 Å². The topological polar surface area (TPSA) is 12.0 Å². The molecule has 18 heavy (non-hydrogen) atoms. The monoisotopic (exact) mass is 307 g/mol. The van der Waals surface area contributed by atoms with E-state index in [1.165, 1.54) is 17.7 Å². The third-order valence-electron chi connectivity index (χ3n) is 2.93. The molecule has 0 fully saturated rings. The van der Waals surface area contributed by atoms with E-state index in [1.54, 1.807) is 6.07 Å². The molecule has 0 heterocycles. The van der Waals surface area contributed by atoms with Crippen LogP contribution in [0.4, 0.5) is 10.1 Å². The number of nitrogens with one attached hydrogen (secondary N) is 1. The first-order valence-electron chi connectivity index (χ1n) is 5.85. The van der Waals surface area contributed by atoms with Gasteiger partial charge in [0.25, 0.3) is 0 Å². The lowest BCUT2D eigenvalue weighted by atomic mass is 10.1. The van der Waals surface area contributed by atoms with Crippen LogP contribution in [0, 0.1) is 12.7 Å². The minimum Gasteiger partial charge on any atom is -0.378 e. The zero-order valence-corrected chi connectivity index (χ0v) is 12.0. The maximum Gasteiger partial charge on any atom is 0.123 e. The highest BCUT2D eigenvalue weighted by Gasteiger charge is 2.09. The quantitative estimate of drug-likeness (QED) is 0.834. The van der Waals surface area contributed by atoms with Gasteiger partial charge in [0.2, 0.25) is 0 Å². The van der Waals surface area contributed by atoms with Gasteiger partial charge < -0.3 is 5.32 Å². The molecule has 0 aliphatic rings. The molecule has 0 amide bonds. The van der Waals surface area contributed by atoms with Crippen molar-refractivity contribution in [2.24, 2.45) is 0 Å². The Hall–Kier alpha value is -1.35. The lowest BCUT2D eigenvalue weighted by Crippen LogP contribution is -2.08. The Kier molecular flexibility index (Phi) is 4.02. The predicted octanol–water partition coefficient (Wildman–Crippen LogP) is 5.07. The maximum absolute atomic E-state index is 13.0. The zero-order valence-electron chi connectivity index (χ0n) is 10.4. The second kappa shape index (κ2) is 5.53. The molecule has 0 bridgehead atoms. The number of rotatable bonds is 3. The minimum absolute atomic E-state index is 0.157. The molecule has 1 atom stereocenters. The van der Waals surface area contributed by atoms with E-state index in [0.717, 1.165) is 15.7 Å². The van der Waals surface area contributed by atoms with Crippen LogP contribution >= 0.6 is 15.9 Å². The molecule has 3 heteroatoms. The van der Waals surface area contributed by atoms with E-state index in [9.17, 15) is 4.39 Å². The molecule has 0 saturated heterocycles. The second-order valence-electron chi connectivity index (χ2n) is 4.35. The minimum atomic E-state index is -0.202. The number of anilines is 1. The van der Waals surface area contributed by atoms with Crippen molar-refractivity contribution in [3.63, 3.8) is 0 Å². The third kappa shape index (κ3) is 2.91. The number of hydrogen-bond acceptors (Lipinski definition) is 1. The Morgan fingerprint density at radius 1 is 1.17 bits per heavy atom. The molecule has 94 valence electrons. The van der Waals surface area contributed by atoms with Gasteiger partial charge in [-0.1, -0.05) is 34.1 Å². The Morgan fingerprint density at radius 3 is 2.56 bits per heavy atom. The first kappa shape index (κ1) is 13.1. The molecule has 1 N–H and O–H groups in total. The largest absolute Gasteiger partial charge is 0.378 e. The SMILES string of the molecule is Cc1cc(F)ccc1NC(C)c1ccccc1Br. The Bertz CT molecular complexity index is 554. The standard InChI is InChI=1S/C15H15BrFN/c1-10-9-12(17)7-8-15(10)18-11(2)13-5-3-4-6-14(13)16/h3-9,11,18H,1-2H3. The third-order valence-corrected chi connectivity index (χ3v) is 3.65. The Morgan fingerprint density at radius 2 is 1.89 bits per heavy atom. The highest BCUT2D eigenvalue weighted by Crippen LogP contribution is 2.27. The highest BCUT2D eigenvalue weighted by molar-refractivity contribution is 9.10. The van der Waals surface area contributed by atoms with Crippen LogP contribution in [0.1, 0.15) is 24.1 Å². The van der Waals surface area contributed by atoms with Crippen LogP contribution in [0.15, 0.2) is 46.9 Å². The molecule has 0 aromatic heterocycles. The van der Waals surface area contributed by atoms with E-state index in [0.29, 0.717) is 0 Å². The van der Waals surface area contributed by atoms with Gasteiger partial charge in [-0.15, -0.1) is 0 Å². The number of aryl methyl sites for hydroxylation is 1. The number of benzene rings is 2. The molecule has 0 saturated carbocycles. The van der Waals surface area contributed by atoms with Gasteiger partial charge in [0.15, 0.2) is 0 Å². The summed E-state index contributed by atoms with van der Waals surface area (Å²) in [4.78, 5) is 0. The van der Waals surface area contributed by atoms with Crippen LogP contribution in [0.3, 0.4) is 0 Å². The fraction of sp³-hybridized carbons (Fsp3) is 0.200. The molecule has 2 aromatic rings. The van der Waals surface area contributed by atoms with Gasteiger partial charge in [-0.05, 0) is 49.2 Å². The Labute approximate surface area is 115 Å². The normalized spacial score (nSPS) is 12.2. The summed E-state index contributed by atoms with van der Waals surface area (Å²) in [5.41, 5.74) is 3.05. The van der Waals surface area contributed by atoms with E-state index >= 15 is 0 Å². The molecule has 0 aliphatic carbocycles. The van der Waals surface area contributed by atoms with Gasteiger partial charge in [0, 0.05) is 16.2 Å². The van der Waals surface area contributed by atoms with Crippen molar-refractivity contribution in [2.75, 3.05) is 5.32 Å². The summed E-state index contributed by atoms with van der Waals surface area (Å²) in [5.74, 6) is -0.202. The first-order valence-corrected chi connectivity index (χ1v) is 6.64. The van der Waals surface area contributed by atoms with Gasteiger partial charge >= 0.3 is 0 Å². The highest BCUT2D eigenvalue weighted by atomic mass is 79.9. The molecular weight excluding hydrogens is 293 g/mol. The van der Waals surface area contributed by atoms with Crippen LogP contribution in [0.2, 0.25) is 0 Å². The first-order chi connectivity index (χ1) is 8.58. The van der Waals surface area contributed by atoms with Crippen LogP contribution in [-0.2, 0) is 0 Å². The van der Waals surface area contributed by atoms with E-state index < -0.39 is 0 Å². The summed E-state index contributed by atoms with van der Waals surface area (Å²) in [6.45, 7) is 3.99. The summed E-state index contributed by atoms with van der Waals surface area (Å²) in [5, 5.41) is 3.40. The fourth-order valence-corrected chi connectivity index (χ4v) is 2.55. The van der Waals surface area contributed by atoms with Gasteiger partial charge in [0.05, 0.1) is 0 Å². The number of hydrogen-bond donors (Lipinski definition) is 1. The van der Waals surface area contributed by atoms with Crippen molar-refractivity contribution in [3.8, 4) is 0 Å². The Balaban J connectivity index is 2.21.